The Hall–Kier alpha value is -4.18. The zero-order chi connectivity index (χ0) is 29.1. The molecule has 3 fully saturated rings. The van der Waals surface area contributed by atoms with Gasteiger partial charge in [0.25, 0.3) is 0 Å². The number of ether oxygens (including phenoxy) is 2. The van der Waals surface area contributed by atoms with E-state index in [1.165, 1.54) is 23.2 Å². The molecule has 2 unspecified atom stereocenters. The first kappa shape index (κ1) is 28.0. The van der Waals surface area contributed by atoms with Gasteiger partial charge in [-0.15, -0.1) is 0 Å². The van der Waals surface area contributed by atoms with Crippen molar-refractivity contribution >= 4 is 17.5 Å². The van der Waals surface area contributed by atoms with Crippen molar-refractivity contribution in [1.82, 2.24) is 24.8 Å². The van der Waals surface area contributed by atoms with Crippen LogP contribution in [0.2, 0.25) is 0 Å². The minimum absolute atomic E-state index is 0.164. The summed E-state index contributed by atoms with van der Waals surface area (Å²) >= 11 is 0. The molecule has 11 nitrogen and oxygen atoms in total. The van der Waals surface area contributed by atoms with E-state index in [1.54, 1.807) is 18.2 Å². The van der Waals surface area contributed by atoms with Crippen molar-refractivity contribution in [3.8, 4) is 23.2 Å². The van der Waals surface area contributed by atoms with Crippen molar-refractivity contribution in [2.24, 2.45) is 0 Å². The number of alkyl halides is 1. The summed E-state index contributed by atoms with van der Waals surface area (Å²) in [7, 11) is 0. The molecule has 2 N–H and O–H groups in total. The molecule has 42 heavy (non-hydrogen) atoms. The van der Waals surface area contributed by atoms with E-state index >= 15 is 0 Å². The number of piperidine rings is 1. The quantitative estimate of drug-likeness (QED) is 0.414. The number of aromatic nitrogens is 3. The van der Waals surface area contributed by atoms with Gasteiger partial charge >= 0.3 is 0 Å². The minimum atomic E-state index is -1.44. The second kappa shape index (κ2) is 12.4. The molecule has 1 aromatic heterocycles. The first-order chi connectivity index (χ1) is 20.5. The fraction of sp³-hybridized carbons (Fsp3) is 0.433. The molecule has 0 radical (unpaired) electrons. The smallest absolute Gasteiger partial charge is 0.248 e. The average molecular weight is 574 g/mol. The lowest BCUT2D eigenvalue weighted by Gasteiger charge is -2.38. The molecule has 0 spiro atoms. The number of carbonyl (C=O) groups excluding carboxylic acids is 1. The van der Waals surface area contributed by atoms with Gasteiger partial charge < -0.3 is 24.8 Å². The molecule has 2 aromatic carbocycles. The number of hydrogen-bond donors (Lipinski definition) is 2. The summed E-state index contributed by atoms with van der Waals surface area (Å²) in [6.45, 7) is 2.18. The van der Waals surface area contributed by atoms with E-state index in [1.807, 2.05) is 12.1 Å². The number of rotatable bonds is 8. The summed E-state index contributed by atoms with van der Waals surface area (Å²) in [5.41, 5.74) is 2.94. The maximum absolute atomic E-state index is 14.7. The highest BCUT2D eigenvalue weighted by atomic mass is 19.1. The lowest BCUT2D eigenvalue weighted by atomic mass is 10.0. The van der Waals surface area contributed by atoms with E-state index in [9.17, 15) is 14.4 Å². The molecule has 6 rings (SSSR count). The van der Waals surface area contributed by atoms with E-state index in [-0.39, 0.29) is 30.8 Å². The van der Waals surface area contributed by atoms with E-state index < -0.39 is 24.8 Å². The van der Waals surface area contributed by atoms with Gasteiger partial charge in [-0.3, -0.25) is 9.69 Å². The molecule has 1 amide bonds. The lowest BCUT2D eigenvalue weighted by Crippen LogP contribution is -2.50. The first-order valence-electron chi connectivity index (χ1n) is 14.2. The molecule has 0 aliphatic carbocycles. The number of likely N-dealkylation sites (tertiary alicyclic amines) is 2. The molecule has 3 aliphatic rings. The van der Waals surface area contributed by atoms with Crippen LogP contribution in [0.25, 0.3) is 11.4 Å². The number of benzene rings is 2. The third-order valence-corrected chi connectivity index (χ3v) is 8.11. The number of hydrogen-bond acceptors (Lipinski definition) is 10. The fourth-order valence-corrected chi connectivity index (χ4v) is 5.78. The van der Waals surface area contributed by atoms with E-state index in [2.05, 4.69) is 43.4 Å². The molecule has 12 heteroatoms. The average Bonchev–Trinajstić information content (AvgIpc) is 3.46. The van der Waals surface area contributed by atoms with Crippen LogP contribution in [-0.2, 0) is 9.53 Å². The van der Waals surface area contributed by atoms with Crippen LogP contribution in [0.1, 0.15) is 36.4 Å². The van der Waals surface area contributed by atoms with Gasteiger partial charge in [0.2, 0.25) is 11.9 Å². The van der Waals surface area contributed by atoms with Crippen LogP contribution in [0.15, 0.2) is 48.8 Å². The maximum atomic E-state index is 14.7. The van der Waals surface area contributed by atoms with Crippen LogP contribution in [0.3, 0.4) is 0 Å². The Morgan fingerprint density at radius 1 is 1.17 bits per heavy atom. The van der Waals surface area contributed by atoms with Crippen LogP contribution in [-0.4, -0.2) is 93.5 Å². The number of nitrogens with zero attached hydrogens (tertiary/aromatic N) is 6. The van der Waals surface area contributed by atoms with Gasteiger partial charge in [0.1, 0.15) is 30.9 Å². The Bertz CT molecular complexity index is 1460. The zero-order valence-corrected chi connectivity index (χ0v) is 23.0. The van der Waals surface area contributed by atoms with Crippen molar-refractivity contribution in [3.63, 3.8) is 0 Å². The number of nitriles is 1. The largest absolute Gasteiger partial charge is 0.486 e. The number of anilines is 2. The van der Waals surface area contributed by atoms with Crippen molar-refractivity contribution in [2.75, 3.05) is 44.8 Å². The highest BCUT2D eigenvalue weighted by Crippen LogP contribution is 2.36. The summed E-state index contributed by atoms with van der Waals surface area (Å²) < 4.78 is 26.0. The second-order valence-electron chi connectivity index (χ2n) is 10.7. The van der Waals surface area contributed by atoms with E-state index in [4.69, 9.17) is 14.6 Å². The lowest BCUT2D eigenvalue weighted by molar-refractivity contribution is -0.138. The standard InChI is InChI=1S/C30H32FN7O4/c31-24-14-37(28(40)15-39)11-9-27(24)42-26-8-5-20(12-21(26)13-32)29-33-18-34-30(36-29)35-22-6-3-19(4-7-22)25-2-1-10-38(25)23-16-41-17-23/h3-8,12,18,23-25,27,39H,1-2,9-11,14-17H2,(H,33,34,35,36)/t24?,25-,27?/m1/s1. The molecule has 3 saturated heterocycles. The van der Waals surface area contributed by atoms with Gasteiger partial charge in [-0.25, -0.2) is 14.4 Å². The molecule has 218 valence electrons. The molecular weight excluding hydrogens is 541 g/mol. The third kappa shape index (κ3) is 5.90. The van der Waals surface area contributed by atoms with Gasteiger partial charge in [-0.2, -0.15) is 10.2 Å². The van der Waals surface area contributed by atoms with Crippen LogP contribution in [0, 0.1) is 11.3 Å². The van der Waals surface area contributed by atoms with Crippen LogP contribution >= 0.6 is 0 Å². The summed E-state index contributed by atoms with van der Waals surface area (Å²) in [5, 5.41) is 22.0. The Labute approximate surface area is 242 Å². The van der Waals surface area contributed by atoms with E-state index in [0.717, 1.165) is 31.9 Å². The van der Waals surface area contributed by atoms with Gasteiger partial charge in [0, 0.05) is 30.3 Å². The van der Waals surface area contributed by atoms with Crippen molar-refractivity contribution in [3.05, 3.63) is 59.9 Å². The Morgan fingerprint density at radius 2 is 2.00 bits per heavy atom. The summed E-state index contributed by atoms with van der Waals surface area (Å²) in [6, 6.07) is 16.3. The SMILES string of the molecule is N#Cc1cc(-c2ncnc(Nc3ccc([C@H]4CCCN4C4COC4)cc3)n2)ccc1OC1CCN(C(=O)CO)CC1F. The fourth-order valence-electron chi connectivity index (χ4n) is 5.78. The van der Waals surface area contributed by atoms with Gasteiger partial charge in [0.15, 0.2) is 12.0 Å². The van der Waals surface area contributed by atoms with E-state index in [0.29, 0.717) is 29.4 Å². The van der Waals surface area contributed by atoms with Crippen LogP contribution in [0.5, 0.6) is 5.75 Å². The molecule has 3 aliphatic heterocycles. The summed E-state index contributed by atoms with van der Waals surface area (Å²) in [4.78, 5) is 28.6. The predicted octanol–water partition coefficient (Wildman–Crippen LogP) is 3.00. The number of amides is 1. The van der Waals surface area contributed by atoms with Gasteiger partial charge in [0.05, 0.1) is 31.4 Å². The topological polar surface area (TPSA) is 137 Å². The number of aliphatic hydroxyl groups is 1. The Morgan fingerprint density at radius 3 is 2.71 bits per heavy atom. The Balaban J connectivity index is 1.12. The van der Waals surface area contributed by atoms with Crippen LogP contribution < -0.4 is 10.1 Å². The van der Waals surface area contributed by atoms with Crippen molar-refractivity contribution < 1.29 is 23.8 Å². The third-order valence-electron chi connectivity index (χ3n) is 8.11. The maximum Gasteiger partial charge on any atom is 0.248 e. The first-order valence-corrected chi connectivity index (χ1v) is 14.2. The number of nitrogens with one attached hydrogen (secondary N) is 1. The molecule has 0 saturated carbocycles. The zero-order valence-electron chi connectivity index (χ0n) is 23.0. The normalized spacial score (nSPS) is 22.8. The molecule has 4 heterocycles. The Kier molecular flexibility index (Phi) is 8.23. The molecule has 3 aromatic rings. The van der Waals surface area contributed by atoms with Crippen molar-refractivity contribution in [1.29, 1.82) is 5.26 Å². The summed E-state index contributed by atoms with van der Waals surface area (Å²) in [5.74, 6) is 0.465. The predicted molar refractivity (Wildman–Crippen MR) is 151 cm³/mol. The second-order valence-corrected chi connectivity index (χ2v) is 10.7. The van der Waals surface area contributed by atoms with Crippen LogP contribution in [0.4, 0.5) is 16.0 Å². The van der Waals surface area contributed by atoms with Gasteiger partial charge in [-0.1, -0.05) is 12.1 Å². The number of halogens is 1. The monoisotopic (exact) mass is 573 g/mol. The summed E-state index contributed by atoms with van der Waals surface area (Å²) in [6.07, 6.45) is 1.74. The number of carbonyl (C=O) groups is 1. The molecular formula is C30H32FN7O4. The molecule has 0 bridgehead atoms. The minimum Gasteiger partial charge on any atom is -0.486 e. The molecule has 3 atom stereocenters. The van der Waals surface area contributed by atoms with Gasteiger partial charge in [-0.05, 0) is 55.3 Å². The number of aliphatic hydroxyl groups excluding tert-OH is 1. The highest BCUT2D eigenvalue weighted by molar-refractivity contribution is 5.77. The highest BCUT2D eigenvalue weighted by Gasteiger charge is 2.35. The van der Waals surface area contributed by atoms with Crippen molar-refractivity contribution in [2.45, 2.75) is 43.6 Å².